The largest absolute Gasteiger partial charge is 0.491 e. The van der Waals surface area contributed by atoms with Crippen molar-refractivity contribution in [3.8, 4) is 22.9 Å². The molecule has 2 N–H and O–H groups in total. The average Bonchev–Trinajstić information content (AvgIpc) is 3.38. The number of benzene rings is 2. The zero-order valence-electron chi connectivity index (χ0n) is 22.2. The normalized spacial score (nSPS) is 12.8. The van der Waals surface area contributed by atoms with Crippen molar-refractivity contribution >= 4 is 50.0 Å². The van der Waals surface area contributed by atoms with Gasteiger partial charge < -0.3 is 15.2 Å². The van der Waals surface area contributed by atoms with E-state index in [0.717, 1.165) is 23.2 Å². The highest BCUT2D eigenvalue weighted by Crippen LogP contribution is 2.40. The number of ether oxygens (including phenoxy) is 1. The van der Waals surface area contributed by atoms with Gasteiger partial charge in [-0.1, -0.05) is 11.6 Å². The van der Waals surface area contributed by atoms with Crippen molar-refractivity contribution in [2.45, 2.75) is 33.4 Å². The number of aromatic nitrogens is 3. The first-order chi connectivity index (χ1) is 19.8. The number of nitrogens with zero attached hydrogens (tertiary/aromatic N) is 4. The number of hydrogen-bond acceptors (Lipinski definition) is 8. The molecule has 0 saturated carbocycles. The number of aryl methyl sites for hydroxylation is 2. The molecule has 0 aliphatic carbocycles. The van der Waals surface area contributed by atoms with E-state index < -0.39 is 5.97 Å². The minimum atomic E-state index is -1.04. The zero-order chi connectivity index (χ0) is 28.8. The van der Waals surface area contributed by atoms with Crippen LogP contribution in [0.3, 0.4) is 0 Å². The fourth-order valence-electron chi connectivity index (χ4n) is 5.43. The summed E-state index contributed by atoms with van der Waals surface area (Å²) in [6.07, 6.45) is 0.684. The first kappa shape index (κ1) is 26.9. The van der Waals surface area contributed by atoms with Crippen LogP contribution in [0.2, 0.25) is 5.02 Å². The highest BCUT2D eigenvalue weighted by atomic mass is 35.5. The summed E-state index contributed by atoms with van der Waals surface area (Å²) >= 11 is 7.67. The van der Waals surface area contributed by atoms with E-state index in [4.69, 9.17) is 16.3 Å². The van der Waals surface area contributed by atoms with Crippen LogP contribution in [0.15, 0.2) is 40.5 Å². The maximum absolute atomic E-state index is 13.7. The number of nitrogens with one attached hydrogen (secondary N) is 1. The molecule has 0 saturated heterocycles. The van der Waals surface area contributed by atoms with E-state index >= 15 is 0 Å². The second-order valence-corrected chi connectivity index (χ2v) is 11.2. The van der Waals surface area contributed by atoms with Crippen LogP contribution in [0.5, 0.6) is 5.75 Å². The second kappa shape index (κ2) is 10.6. The van der Waals surface area contributed by atoms with Gasteiger partial charge in [-0.25, -0.2) is 9.78 Å². The third-order valence-electron chi connectivity index (χ3n) is 7.30. The molecule has 0 radical (unpaired) electrons. The van der Waals surface area contributed by atoms with Crippen LogP contribution in [0.1, 0.15) is 38.6 Å². The molecule has 2 aromatic carbocycles. The molecule has 4 heterocycles. The van der Waals surface area contributed by atoms with Crippen LogP contribution in [0.25, 0.3) is 32.2 Å². The van der Waals surface area contributed by atoms with E-state index in [2.05, 4.69) is 21.4 Å². The lowest BCUT2D eigenvalue weighted by Crippen LogP contribution is -2.29. The molecule has 1 aliphatic rings. The number of aromatic carboxylic acids is 1. The predicted molar refractivity (Wildman–Crippen MR) is 158 cm³/mol. The summed E-state index contributed by atoms with van der Waals surface area (Å²) in [4.78, 5) is 34.5. The maximum Gasteiger partial charge on any atom is 0.338 e. The van der Waals surface area contributed by atoms with Gasteiger partial charge in [-0.3, -0.25) is 14.3 Å². The van der Waals surface area contributed by atoms with Crippen LogP contribution in [-0.2, 0) is 19.5 Å². The Kier molecular flexibility index (Phi) is 6.95. The third-order valence-corrected chi connectivity index (χ3v) is 8.54. The molecule has 1 aliphatic heterocycles. The molecule has 41 heavy (non-hydrogen) atoms. The number of pyridine rings is 1. The third kappa shape index (κ3) is 4.72. The van der Waals surface area contributed by atoms with Crippen LogP contribution >= 0.6 is 22.9 Å². The monoisotopic (exact) mass is 585 g/mol. The molecule has 6 rings (SSSR count). The number of thiophene rings is 1. The van der Waals surface area contributed by atoms with Crippen molar-refractivity contribution < 1.29 is 14.6 Å². The Labute approximate surface area is 243 Å². The lowest BCUT2D eigenvalue weighted by atomic mass is 9.93. The quantitative estimate of drug-likeness (QED) is 0.277. The van der Waals surface area contributed by atoms with Gasteiger partial charge in [0.2, 0.25) is 0 Å². The van der Waals surface area contributed by atoms with Crippen molar-refractivity contribution in [3.05, 3.63) is 84.9 Å². The molecule has 3 aromatic heterocycles. The molecule has 206 valence electrons. The standard InChI is InChI=1S/C30H24ClN5O4S/c1-15-9-21(28-27(34-15)23(14-41-28)30(38)39)20-11-18(31)3-4-25(20)40-8-7-36-16(2)35-24-10-17-13-33-6-5-19(17)22(12-32)26(24)29(36)37/h3-4,9-11,14,33H,5-8,13H2,1-2H3,(H,38,39). The van der Waals surface area contributed by atoms with E-state index in [9.17, 15) is 20.0 Å². The maximum atomic E-state index is 13.7. The molecule has 0 spiro atoms. The van der Waals surface area contributed by atoms with Gasteiger partial charge in [0.15, 0.2) is 0 Å². The summed E-state index contributed by atoms with van der Waals surface area (Å²) in [6.45, 7) is 5.34. The highest BCUT2D eigenvalue weighted by Gasteiger charge is 2.22. The summed E-state index contributed by atoms with van der Waals surface area (Å²) in [6, 6.07) is 11.3. The molecule has 11 heteroatoms. The van der Waals surface area contributed by atoms with Crippen LogP contribution in [0.4, 0.5) is 0 Å². The lowest BCUT2D eigenvalue weighted by molar-refractivity contribution is 0.0699. The molecule has 0 atom stereocenters. The molecule has 9 nitrogen and oxygen atoms in total. The molecule has 0 bridgehead atoms. The van der Waals surface area contributed by atoms with Gasteiger partial charge >= 0.3 is 5.97 Å². The van der Waals surface area contributed by atoms with Gasteiger partial charge in [-0.15, -0.1) is 11.3 Å². The molecule has 0 fully saturated rings. The van der Waals surface area contributed by atoms with E-state index in [-0.39, 0.29) is 24.3 Å². The predicted octanol–water partition coefficient (Wildman–Crippen LogP) is 5.24. The number of halogens is 1. The van der Waals surface area contributed by atoms with E-state index in [1.807, 2.05) is 19.1 Å². The van der Waals surface area contributed by atoms with E-state index in [0.29, 0.717) is 67.5 Å². The van der Waals surface area contributed by atoms with Gasteiger partial charge in [-0.2, -0.15) is 5.26 Å². The van der Waals surface area contributed by atoms with E-state index in [1.54, 1.807) is 35.1 Å². The highest BCUT2D eigenvalue weighted by molar-refractivity contribution is 7.18. The van der Waals surface area contributed by atoms with Crippen LogP contribution < -0.4 is 15.6 Å². The first-order valence-electron chi connectivity index (χ1n) is 13.0. The van der Waals surface area contributed by atoms with Crippen molar-refractivity contribution in [1.29, 1.82) is 5.26 Å². The van der Waals surface area contributed by atoms with Crippen LogP contribution in [-0.4, -0.2) is 38.8 Å². The topological polar surface area (TPSA) is 130 Å². The number of nitriles is 1. The Balaban J connectivity index is 1.36. The minimum Gasteiger partial charge on any atom is -0.491 e. The van der Waals surface area contributed by atoms with Crippen molar-refractivity contribution in [2.24, 2.45) is 0 Å². The van der Waals surface area contributed by atoms with Gasteiger partial charge in [0.1, 0.15) is 24.3 Å². The Hall–Kier alpha value is -4.30. The summed E-state index contributed by atoms with van der Waals surface area (Å²) in [5, 5.41) is 25.3. The van der Waals surface area contributed by atoms with E-state index in [1.165, 1.54) is 11.3 Å². The number of carboxylic acids is 1. The molecular formula is C30H24ClN5O4S. The SMILES string of the molecule is Cc1cc(-c2cc(Cl)ccc2OCCn2c(C)nc3cc4c(c(C#N)c3c2=O)CCNC4)c2scc(C(=O)O)c2n1. The Morgan fingerprint density at radius 1 is 1.24 bits per heavy atom. The second-order valence-electron chi connectivity index (χ2n) is 9.87. The van der Waals surface area contributed by atoms with Gasteiger partial charge in [0.05, 0.1) is 38.8 Å². The fraction of sp³-hybridized carbons (Fsp3) is 0.233. The Morgan fingerprint density at radius 2 is 2.07 bits per heavy atom. The Bertz CT molecular complexity index is 1990. The van der Waals surface area contributed by atoms with Gasteiger partial charge in [-0.05, 0) is 68.3 Å². The van der Waals surface area contributed by atoms with Crippen molar-refractivity contribution in [1.82, 2.24) is 19.9 Å². The summed E-state index contributed by atoms with van der Waals surface area (Å²) in [5.74, 6) is 0.0241. The first-order valence-corrected chi connectivity index (χ1v) is 14.2. The number of fused-ring (bicyclic) bond motifs is 3. The molecule has 0 unspecified atom stereocenters. The van der Waals surface area contributed by atoms with Crippen molar-refractivity contribution in [2.75, 3.05) is 13.2 Å². The van der Waals surface area contributed by atoms with Gasteiger partial charge in [0.25, 0.3) is 5.56 Å². The smallest absolute Gasteiger partial charge is 0.338 e. The number of carbonyl (C=O) groups is 1. The summed E-state index contributed by atoms with van der Waals surface area (Å²) < 4.78 is 8.47. The van der Waals surface area contributed by atoms with Crippen LogP contribution in [0, 0.1) is 25.2 Å². The molecule has 0 amide bonds. The van der Waals surface area contributed by atoms with Crippen molar-refractivity contribution in [3.63, 3.8) is 0 Å². The van der Waals surface area contributed by atoms with Gasteiger partial charge in [0, 0.05) is 33.8 Å². The number of rotatable bonds is 6. The summed E-state index contributed by atoms with van der Waals surface area (Å²) in [5.41, 5.74) is 5.26. The fourth-order valence-corrected chi connectivity index (χ4v) is 6.61. The zero-order valence-corrected chi connectivity index (χ0v) is 23.8. The number of hydrogen-bond donors (Lipinski definition) is 2. The molecular weight excluding hydrogens is 562 g/mol. The summed E-state index contributed by atoms with van der Waals surface area (Å²) in [7, 11) is 0. The lowest BCUT2D eigenvalue weighted by Gasteiger charge is -2.20. The minimum absolute atomic E-state index is 0.146. The molecule has 5 aromatic rings. The number of carboxylic acid groups (broad SMARTS) is 1. The Morgan fingerprint density at radius 3 is 2.85 bits per heavy atom. The average molecular weight is 586 g/mol.